The molecule has 0 amide bonds. The molecular weight excluding hydrogens is 156 g/mol. The van der Waals surface area contributed by atoms with Gasteiger partial charge in [-0.2, -0.15) is 0 Å². The third-order valence-corrected chi connectivity index (χ3v) is 2.49. The van der Waals surface area contributed by atoms with Gasteiger partial charge in [0.25, 0.3) is 0 Å². The largest absolute Gasteiger partial charge is 0.462 e. The summed E-state index contributed by atoms with van der Waals surface area (Å²) in [7, 11) is 0. The molecule has 0 aromatic rings. The van der Waals surface area contributed by atoms with E-state index >= 15 is 0 Å². The Morgan fingerprint density at radius 2 is 2.00 bits per heavy atom. The van der Waals surface area contributed by atoms with Gasteiger partial charge >= 0.3 is 5.97 Å². The van der Waals surface area contributed by atoms with Crippen molar-refractivity contribution in [2.24, 2.45) is 11.8 Å². The van der Waals surface area contributed by atoms with Crippen molar-refractivity contribution in [1.29, 1.82) is 0 Å². The first kappa shape index (κ1) is 9.52. The van der Waals surface area contributed by atoms with Crippen LogP contribution in [0.1, 0.15) is 27.2 Å². The quantitative estimate of drug-likeness (QED) is 0.553. The fraction of sp³-hybridized carbons (Fsp3) is 0.889. The first-order chi connectivity index (χ1) is 5.52. The number of hydrogen-bond acceptors (Lipinski definition) is 3. The number of esters is 1. The monoisotopic (exact) mass is 172 g/mol. The molecule has 1 fully saturated rings. The van der Waals surface area contributed by atoms with Gasteiger partial charge in [-0.05, 0) is 26.2 Å². The number of carbonyl (C=O) groups excluding carboxylic acids is 1. The molecule has 1 rings (SSSR count). The molecule has 1 unspecified atom stereocenters. The second-order valence-corrected chi connectivity index (χ2v) is 3.74. The van der Waals surface area contributed by atoms with Gasteiger partial charge in [-0.25, -0.2) is 0 Å². The normalized spacial score (nSPS) is 43.5. The molecule has 0 bridgehead atoms. The summed E-state index contributed by atoms with van der Waals surface area (Å²) in [5.41, 5.74) is 0. The molecule has 70 valence electrons. The average Bonchev–Trinajstić information content (AvgIpc) is 2.05. The summed E-state index contributed by atoms with van der Waals surface area (Å²) in [6.07, 6.45) is 0.131. The van der Waals surface area contributed by atoms with Gasteiger partial charge in [0.15, 0.2) is 0 Å². The van der Waals surface area contributed by atoms with Crippen molar-refractivity contribution in [3.63, 3.8) is 0 Å². The van der Waals surface area contributed by atoms with E-state index in [1.54, 1.807) is 6.92 Å². The van der Waals surface area contributed by atoms with Crippen molar-refractivity contribution in [1.82, 2.24) is 0 Å². The molecule has 12 heavy (non-hydrogen) atoms. The molecule has 0 aliphatic carbocycles. The number of hydrogen-bond donors (Lipinski definition) is 1. The van der Waals surface area contributed by atoms with Crippen LogP contribution in [-0.2, 0) is 9.53 Å². The van der Waals surface area contributed by atoms with E-state index in [1.165, 1.54) is 0 Å². The van der Waals surface area contributed by atoms with Crippen molar-refractivity contribution in [2.75, 3.05) is 0 Å². The van der Waals surface area contributed by atoms with E-state index in [2.05, 4.69) is 0 Å². The van der Waals surface area contributed by atoms with Gasteiger partial charge in [-0.1, -0.05) is 6.92 Å². The lowest BCUT2D eigenvalue weighted by atomic mass is 9.91. The van der Waals surface area contributed by atoms with Crippen molar-refractivity contribution >= 4 is 5.97 Å². The number of aliphatic hydroxyl groups is 1. The molecule has 1 saturated heterocycles. The van der Waals surface area contributed by atoms with Crippen molar-refractivity contribution in [2.45, 2.75) is 39.4 Å². The third kappa shape index (κ3) is 1.78. The Labute approximate surface area is 72.7 Å². The summed E-state index contributed by atoms with van der Waals surface area (Å²) >= 11 is 0. The van der Waals surface area contributed by atoms with Crippen LogP contribution < -0.4 is 0 Å². The smallest absolute Gasteiger partial charge is 0.311 e. The predicted molar refractivity (Wildman–Crippen MR) is 44.5 cm³/mol. The summed E-state index contributed by atoms with van der Waals surface area (Å²) in [5.74, 6) is -0.522. The molecule has 1 aliphatic heterocycles. The molecule has 0 aromatic carbocycles. The van der Waals surface area contributed by atoms with E-state index in [4.69, 9.17) is 4.74 Å². The van der Waals surface area contributed by atoms with Crippen LogP contribution in [0.5, 0.6) is 0 Å². The second-order valence-electron chi connectivity index (χ2n) is 3.74. The van der Waals surface area contributed by atoms with E-state index in [9.17, 15) is 9.90 Å². The predicted octanol–water partition coefficient (Wildman–Crippen LogP) is 0.955. The lowest BCUT2D eigenvalue weighted by Crippen LogP contribution is -2.28. The molecule has 1 heterocycles. The molecule has 1 aliphatic rings. The summed E-state index contributed by atoms with van der Waals surface area (Å²) in [6, 6.07) is 0. The Morgan fingerprint density at radius 3 is 2.58 bits per heavy atom. The standard InChI is InChI=1S/C9H16O3/c1-5-4-6(2)12-9(11)7(3)8(5)10/h5-8,10H,4H2,1-3H3/t5-,6+,7?,8+/m0/s1. The molecule has 1 N–H and O–H groups in total. The van der Waals surface area contributed by atoms with Crippen LogP contribution in [0.3, 0.4) is 0 Å². The lowest BCUT2D eigenvalue weighted by Gasteiger charge is -2.17. The fourth-order valence-corrected chi connectivity index (χ4v) is 1.65. The Balaban J connectivity index is 2.73. The first-order valence-corrected chi connectivity index (χ1v) is 4.41. The molecule has 0 radical (unpaired) electrons. The van der Waals surface area contributed by atoms with E-state index in [0.717, 1.165) is 6.42 Å². The van der Waals surface area contributed by atoms with Crippen molar-refractivity contribution in [3.05, 3.63) is 0 Å². The van der Waals surface area contributed by atoms with Crippen LogP contribution in [0.15, 0.2) is 0 Å². The van der Waals surface area contributed by atoms with Crippen molar-refractivity contribution in [3.8, 4) is 0 Å². The number of aliphatic hydroxyl groups excluding tert-OH is 1. The van der Waals surface area contributed by atoms with E-state index < -0.39 is 6.10 Å². The number of rotatable bonds is 0. The van der Waals surface area contributed by atoms with E-state index in [1.807, 2.05) is 13.8 Å². The van der Waals surface area contributed by atoms with E-state index in [-0.39, 0.29) is 23.9 Å². The van der Waals surface area contributed by atoms with Crippen molar-refractivity contribution < 1.29 is 14.6 Å². The van der Waals surface area contributed by atoms with E-state index in [0.29, 0.717) is 0 Å². The van der Waals surface area contributed by atoms with Gasteiger partial charge in [0, 0.05) is 0 Å². The summed E-state index contributed by atoms with van der Waals surface area (Å²) < 4.78 is 5.07. The highest BCUT2D eigenvalue weighted by Crippen LogP contribution is 2.24. The minimum atomic E-state index is -0.553. The minimum Gasteiger partial charge on any atom is -0.462 e. The maximum Gasteiger partial charge on any atom is 0.311 e. The SMILES string of the molecule is CC1C(=O)O[C@H](C)C[C@H](C)[C@H]1O. The highest BCUT2D eigenvalue weighted by molar-refractivity contribution is 5.73. The molecule has 0 saturated carbocycles. The van der Waals surface area contributed by atoms with Gasteiger partial charge in [-0.3, -0.25) is 4.79 Å². The Hall–Kier alpha value is -0.570. The zero-order valence-corrected chi connectivity index (χ0v) is 7.78. The molecular formula is C9H16O3. The second kappa shape index (κ2) is 3.44. The van der Waals surface area contributed by atoms with Crippen LogP contribution in [0, 0.1) is 11.8 Å². The molecule has 4 atom stereocenters. The van der Waals surface area contributed by atoms with Crippen LogP contribution >= 0.6 is 0 Å². The van der Waals surface area contributed by atoms with Gasteiger partial charge in [0.1, 0.15) is 0 Å². The number of ether oxygens (including phenoxy) is 1. The van der Waals surface area contributed by atoms with Gasteiger partial charge in [0.05, 0.1) is 18.1 Å². The van der Waals surface area contributed by atoms with Crippen LogP contribution in [0.25, 0.3) is 0 Å². The third-order valence-electron chi connectivity index (χ3n) is 2.49. The average molecular weight is 172 g/mol. The molecule has 3 nitrogen and oxygen atoms in total. The summed E-state index contributed by atoms with van der Waals surface area (Å²) in [5, 5.41) is 9.61. The minimum absolute atomic E-state index is 0.0629. The molecule has 0 aromatic heterocycles. The summed E-state index contributed by atoms with van der Waals surface area (Å²) in [6.45, 7) is 5.51. The zero-order chi connectivity index (χ0) is 9.30. The number of cyclic esters (lactones) is 1. The zero-order valence-electron chi connectivity index (χ0n) is 7.78. The highest BCUT2D eigenvalue weighted by Gasteiger charge is 2.33. The highest BCUT2D eigenvalue weighted by atomic mass is 16.5. The first-order valence-electron chi connectivity index (χ1n) is 4.41. The van der Waals surface area contributed by atoms with Gasteiger partial charge in [-0.15, -0.1) is 0 Å². The number of carbonyl (C=O) groups is 1. The Kier molecular flexibility index (Phi) is 2.73. The Morgan fingerprint density at radius 1 is 1.42 bits per heavy atom. The van der Waals surface area contributed by atoms with Crippen LogP contribution in [0.2, 0.25) is 0 Å². The maximum atomic E-state index is 11.2. The lowest BCUT2D eigenvalue weighted by molar-refractivity contribution is -0.153. The topological polar surface area (TPSA) is 46.5 Å². The Bertz CT molecular complexity index is 179. The fourth-order valence-electron chi connectivity index (χ4n) is 1.65. The molecule has 0 spiro atoms. The maximum absolute atomic E-state index is 11.2. The van der Waals surface area contributed by atoms with Gasteiger partial charge in [0.2, 0.25) is 0 Å². The van der Waals surface area contributed by atoms with Crippen LogP contribution in [0.4, 0.5) is 0 Å². The van der Waals surface area contributed by atoms with Crippen LogP contribution in [-0.4, -0.2) is 23.3 Å². The van der Waals surface area contributed by atoms with Gasteiger partial charge < -0.3 is 9.84 Å². The molecule has 3 heteroatoms. The summed E-state index contributed by atoms with van der Waals surface area (Å²) in [4.78, 5) is 11.2.